The molecule has 1 atom stereocenters. The molecule has 0 bridgehead atoms. The van der Waals surface area contributed by atoms with Gasteiger partial charge in [-0.1, -0.05) is 6.07 Å². The molecule has 6 nitrogen and oxygen atoms in total. The van der Waals surface area contributed by atoms with Crippen LogP contribution in [0.1, 0.15) is 44.0 Å². The topological polar surface area (TPSA) is 71.5 Å². The van der Waals surface area contributed by atoms with Crippen molar-refractivity contribution in [1.29, 1.82) is 0 Å². The van der Waals surface area contributed by atoms with Gasteiger partial charge in [0.15, 0.2) is 0 Å². The largest absolute Gasteiger partial charge is 0.372 e. The van der Waals surface area contributed by atoms with E-state index in [-0.39, 0.29) is 30.4 Å². The molecule has 1 aliphatic heterocycles. The van der Waals surface area contributed by atoms with Crippen LogP contribution in [0, 0.1) is 12.8 Å². The lowest BCUT2D eigenvalue weighted by Crippen LogP contribution is -2.44. The second-order valence-electron chi connectivity index (χ2n) is 6.26. The lowest BCUT2D eigenvalue weighted by Gasteiger charge is -2.32. The maximum atomic E-state index is 12.4. The van der Waals surface area contributed by atoms with Crippen LogP contribution < -0.4 is 5.32 Å². The molecule has 0 aromatic carbocycles. The van der Waals surface area contributed by atoms with Gasteiger partial charge in [-0.15, -0.1) is 0 Å². The van der Waals surface area contributed by atoms with Gasteiger partial charge in [-0.3, -0.25) is 14.6 Å². The van der Waals surface area contributed by atoms with Crippen LogP contribution in [-0.2, 0) is 14.3 Å². The van der Waals surface area contributed by atoms with E-state index in [1.807, 2.05) is 32.9 Å². The average Bonchev–Trinajstić information content (AvgIpc) is 2.60. The van der Waals surface area contributed by atoms with E-state index in [0.29, 0.717) is 32.5 Å². The molecule has 6 heteroatoms. The molecule has 2 rings (SSSR count). The number of nitrogens with one attached hydrogen (secondary N) is 1. The smallest absolute Gasteiger partial charge is 0.248 e. The van der Waals surface area contributed by atoms with Gasteiger partial charge in [0.25, 0.3) is 0 Å². The fourth-order valence-electron chi connectivity index (χ4n) is 2.82. The summed E-state index contributed by atoms with van der Waals surface area (Å²) in [4.78, 5) is 30.4. The molecule has 0 unspecified atom stereocenters. The van der Waals surface area contributed by atoms with E-state index in [4.69, 9.17) is 4.74 Å². The number of aryl methyl sites for hydroxylation is 1. The molecule has 1 aliphatic rings. The van der Waals surface area contributed by atoms with Crippen molar-refractivity contribution < 1.29 is 14.3 Å². The number of pyridine rings is 1. The molecule has 2 heterocycles. The molecule has 0 radical (unpaired) electrons. The highest BCUT2D eigenvalue weighted by atomic mass is 16.5. The van der Waals surface area contributed by atoms with Gasteiger partial charge in [0, 0.05) is 37.5 Å². The number of likely N-dealkylation sites (tertiary alicyclic amines) is 1. The normalized spacial score (nSPS) is 16.7. The summed E-state index contributed by atoms with van der Waals surface area (Å²) in [5, 5.41) is 3.06. The lowest BCUT2D eigenvalue weighted by molar-refractivity contribution is -0.139. The Kier molecular flexibility index (Phi) is 6.73. The van der Waals surface area contributed by atoms with Crippen molar-refractivity contribution in [3.05, 3.63) is 29.6 Å². The van der Waals surface area contributed by atoms with Gasteiger partial charge in [0.2, 0.25) is 11.8 Å². The van der Waals surface area contributed by atoms with E-state index >= 15 is 0 Å². The highest BCUT2D eigenvalue weighted by molar-refractivity contribution is 5.80. The number of ether oxygens (including phenoxy) is 1. The molecular formula is C18H27N3O3. The molecule has 0 saturated carbocycles. The number of carbonyl (C=O) groups is 2. The zero-order chi connectivity index (χ0) is 17.5. The Labute approximate surface area is 143 Å². The number of nitrogens with zero attached hydrogens (tertiary/aromatic N) is 2. The van der Waals surface area contributed by atoms with Crippen LogP contribution in [0.4, 0.5) is 0 Å². The van der Waals surface area contributed by atoms with E-state index in [2.05, 4.69) is 10.3 Å². The molecule has 1 N–H and O–H groups in total. The summed E-state index contributed by atoms with van der Waals surface area (Å²) in [5.41, 5.74) is 1.96. The van der Waals surface area contributed by atoms with Gasteiger partial charge in [0.05, 0.1) is 6.04 Å². The molecule has 0 aliphatic carbocycles. The minimum Gasteiger partial charge on any atom is -0.372 e. The highest BCUT2D eigenvalue weighted by Gasteiger charge is 2.28. The molecule has 1 saturated heterocycles. The van der Waals surface area contributed by atoms with Crippen LogP contribution in [0.15, 0.2) is 18.3 Å². The zero-order valence-electron chi connectivity index (χ0n) is 14.7. The maximum Gasteiger partial charge on any atom is 0.248 e. The molecule has 0 spiro atoms. The number of aromatic nitrogens is 1. The second-order valence-corrected chi connectivity index (χ2v) is 6.26. The fourth-order valence-corrected chi connectivity index (χ4v) is 2.82. The first-order valence-corrected chi connectivity index (χ1v) is 8.59. The standard InChI is InChI=1S/C18H27N3O3/c1-4-24-12-17(22)21-9-7-15(8-10-21)18(23)20-14(3)16-6-5-13(2)19-11-16/h5-6,11,14-15H,4,7-10,12H2,1-3H3,(H,20,23)/t14-/m1/s1. The van der Waals surface area contributed by atoms with Crippen molar-refractivity contribution in [3.8, 4) is 0 Å². The molecule has 24 heavy (non-hydrogen) atoms. The van der Waals surface area contributed by atoms with E-state index in [0.717, 1.165) is 11.3 Å². The Morgan fingerprint density at radius 1 is 1.38 bits per heavy atom. The molecule has 132 valence electrons. The fraction of sp³-hybridized carbons (Fsp3) is 0.611. The van der Waals surface area contributed by atoms with E-state index in [1.165, 1.54) is 0 Å². The number of carbonyl (C=O) groups excluding carboxylic acids is 2. The van der Waals surface area contributed by atoms with Crippen LogP contribution in [-0.4, -0.2) is 48.0 Å². The van der Waals surface area contributed by atoms with Gasteiger partial charge in [-0.05, 0) is 45.2 Å². The number of amides is 2. The zero-order valence-corrected chi connectivity index (χ0v) is 14.7. The van der Waals surface area contributed by atoms with Crippen molar-refractivity contribution in [2.75, 3.05) is 26.3 Å². The molecular weight excluding hydrogens is 306 g/mol. The van der Waals surface area contributed by atoms with Crippen LogP contribution in [0.5, 0.6) is 0 Å². The summed E-state index contributed by atoms with van der Waals surface area (Å²) < 4.78 is 5.16. The highest BCUT2D eigenvalue weighted by Crippen LogP contribution is 2.19. The summed E-state index contributed by atoms with van der Waals surface area (Å²) in [7, 11) is 0. The average molecular weight is 333 g/mol. The summed E-state index contributed by atoms with van der Waals surface area (Å²) in [6, 6.07) is 3.87. The first kappa shape index (κ1) is 18.4. The van der Waals surface area contributed by atoms with Crippen LogP contribution in [0.2, 0.25) is 0 Å². The van der Waals surface area contributed by atoms with Gasteiger partial charge in [-0.25, -0.2) is 0 Å². The quantitative estimate of drug-likeness (QED) is 0.862. The summed E-state index contributed by atoms with van der Waals surface area (Å²) >= 11 is 0. The van der Waals surface area contributed by atoms with E-state index in [9.17, 15) is 9.59 Å². The Bertz CT molecular complexity index is 551. The van der Waals surface area contributed by atoms with Gasteiger partial charge < -0.3 is 15.0 Å². The maximum absolute atomic E-state index is 12.4. The van der Waals surface area contributed by atoms with Gasteiger partial charge in [0.1, 0.15) is 6.61 Å². The monoisotopic (exact) mass is 333 g/mol. The van der Waals surface area contributed by atoms with Crippen molar-refractivity contribution >= 4 is 11.8 Å². The van der Waals surface area contributed by atoms with E-state index < -0.39 is 0 Å². The number of hydrogen-bond donors (Lipinski definition) is 1. The predicted molar refractivity (Wildman–Crippen MR) is 91.3 cm³/mol. The third-order valence-electron chi connectivity index (χ3n) is 4.44. The Hall–Kier alpha value is -1.95. The number of rotatable bonds is 6. The summed E-state index contributed by atoms with van der Waals surface area (Å²) in [6.07, 6.45) is 3.19. The van der Waals surface area contributed by atoms with Crippen molar-refractivity contribution in [2.45, 2.75) is 39.7 Å². The molecule has 1 aromatic heterocycles. The Morgan fingerprint density at radius 2 is 2.08 bits per heavy atom. The number of piperidine rings is 1. The summed E-state index contributed by atoms with van der Waals surface area (Å²) in [6.45, 7) is 7.67. The van der Waals surface area contributed by atoms with Gasteiger partial charge >= 0.3 is 0 Å². The van der Waals surface area contributed by atoms with Crippen LogP contribution >= 0.6 is 0 Å². The van der Waals surface area contributed by atoms with E-state index in [1.54, 1.807) is 11.1 Å². The van der Waals surface area contributed by atoms with Crippen molar-refractivity contribution in [3.63, 3.8) is 0 Å². The van der Waals surface area contributed by atoms with Crippen LogP contribution in [0.25, 0.3) is 0 Å². The third-order valence-corrected chi connectivity index (χ3v) is 4.44. The second kappa shape index (κ2) is 8.78. The SMILES string of the molecule is CCOCC(=O)N1CCC(C(=O)N[C@H](C)c2ccc(C)nc2)CC1. The van der Waals surface area contributed by atoms with Gasteiger partial charge in [-0.2, -0.15) is 0 Å². The lowest BCUT2D eigenvalue weighted by atomic mass is 9.95. The summed E-state index contributed by atoms with van der Waals surface area (Å²) in [5.74, 6) is 0.0248. The van der Waals surface area contributed by atoms with Crippen LogP contribution in [0.3, 0.4) is 0 Å². The Morgan fingerprint density at radius 3 is 2.67 bits per heavy atom. The number of hydrogen-bond acceptors (Lipinski definition) is 4. The molecule has 1 aromatic rings. The molecule has 1 fully saturated rings. The van der Waals surface area contributed by atoms with Crippen molar-refractivity contribution in [2.24, 2.45) is 5.92 Å². The first-order chi connectivity index (χ1) is 11.5. The predicted octanol–water partition coefficient (Wildman–Crippen LogP) is 1.84. The minimum absolute atomic E-state index is 0.00908. The first-order valence-electron chi connectivity index (χ1n) is 8.59. The molecule has 2 amide bonds. The minimum atomic E-state index is -0.0665. The third kappa shape index (κ3) is 5.03. The van der Waals surface area contributed by atoms with Crippen molar-refractivity contribution in [1.82, 2.24) is 15.2 Å². The Balaban J connectivity index is 1.80.